The van der Waals surface area contributed by atoms with Crippen LogP contribution in [-0.2, 0) is 4.79 Å². The van der Waals surface area contributed by atoms with Crippen LogP contribution in [0.15, 0.2) is 35.3 Å². The van der Waals surface area contributed by atoms with Crippen molar-refractivity contribution in [2.24, 2.45) is 4.99 Å². The van der Waals surface area contributed by atoms with Crippen LogP contribution < -0.4 is 0 Å². The Bertz CT molecular complexity index is 358. The Morgan fingerprint density at radius 3 is 2.64 bits per heavy atom. The summed E-state index contributed by atoms with van der Waals surface area (Å²) in [5.41, 5.74) is 0.731. The van der Waals surface area contributed by atoms with E-state index in [0.717, 1.165) is 5.56 Å². The Hall–Kier alpha value is -1.35. The van der Waals surface area contributed by atoms with Crippen molar-refractivity contribution >= 4 is 23.3 Å². The lowest BCUT2D eigenvalue weighted by Crippen LogP contribution is -2.13. The minimum atomic E-state index is -0.633. The van der Waals surface area contributed by atoms with E-state index in [1.807, 2.05) is 11.2 Å². The van der Waals surface area contributed by atoms with Crippen molar-refractivity contribution in [3.8, 4) is 0 Å². The number of carbonyl (C=O) groups excluding carboxylic acids is 1. The summed E-state index contributed by atoms with van der Waals surface area (Å²) in [6, 6.07) is 8.96. The standard InChI is InChI=1S/C10H9NO2S/c12-6-9(10(13)11-7-14)8-4-2-1-3-5-8/h1-5,9,12H,6H2. The van der Waals surface area contributed by atoms with Crippen molar-refractivity contribution in [1.82, 2.24) is 0 Å². The summed E-state index contributed by atoms with van der Waals surface area (Å²) in [4.78, 5) is 14.7. The van der Waals surface area contributed by atoms with Gasteiger partial charge in [-0.3, -0.25) is 4.79 Å². The number of aliphatic hydroxyl groups is 1. The van der Waals surface area contributed by atoms with E-state index >= 15 is 0 Å². The summed E-state index contributed by atoms with van der Waals surface area (Å²) in [5.74, 6) is -1.10. The van der Waals surface area contributed by atoms with Gasteiger partial charge in [-0.1, -0.05) is 30.3 Å². The topological polar surface area (TPSA) is 49.7 Å². The van der Waals surface area contributed by atoms with Gasteiger partial charge in [-0.05, 0) is 17.8 Å². The van der Waals surface area contributed by atoms with Crippen LogP contribution in [0.5, 0.6) is 0 Å². The lowest BCUT2D eigenvalue weighted by molar-refractivity contribution is -0.119. The second-order valence-electron chi connectivity index (χ2n) is 2.69. The summed E-state index contributed by atoms with van der Waals surface area (Å²) >= 11 is 4.33. The smallest absolute Gasteiger partial charge is 0.264 e. The van der Waals surface area contributed by atoms with Crippen LogP contribution in [0.4, 0.5) is 0 Å². The van der Waals surface area contributed by atoms with Gasteiger partial charge in [-0.25, -0.2) is 0 Å². The van der Waals surface area contributed by atoms with Crippen molar-refractivity contribution < 1.29 is 9.90 Å². The van der Waals surface area contributed by atoms with Gasteiger partial charge in [0.1, 0.15) is 0 Å². The SMILES string of the molecule is O=C(N=C=S)C(CO)c1ccccc1. The first-order valence-corrected chi connectivity index (χ1v) is 4.48. The highest BCUT2D eigenvalue weighted by molar-refractivity contribution is 7.78. The molecule has 0 aliphatic carbocycles. The van der Waals surface area contributed by atoms with E-state index in [9.17, 15) is 4.79 Å². The van der Waals surface area contributed by atoms with Gasteiger partial charge >= 0.3 is 0 Å². The minimum absolute atomic E-state index is 0.274. The van der Waals surface area contributed by atoms with Gasteiger partial charge in [0.15, 0.2) is 0 Å². The van der Waals surface area contributed by atoms with Crippen LogP contribution >= 0.6 is 12.2 Å². The van der Waals surface area contributed by atoms with Gasteiger partial charge in [-0.2, -0.15) is 4.99 Å². The number of hydrogen-bond donors (Lipinski definition) is 1. The van der Waals surface area contributed by atoms with Crippen molar-refractivity contribution in [1.29, 1.82) is 0 Å². The monoisotopic (exact) mass is 207 g/mol. The number of carbonyl (C=O) groups is 1. The molecular weight excluding hydrogens is 198 g/mol. The zero-order valence-electron chi connectivity index (χ0n) is 7.38. The summed E-state index contributed by atoms with van der Waals surface area (Å²) < 4.78 is 0. The Kier molecular flexibility index (Phi) is 4.13. The zero-order valence-corrected chi connectivity index (χ0v) is 8.20. The van der Waals surface area contributed by atoms with Gasteiger partial charge in [0.05, 0.1) is 17.7 Å². The molecule has 0 aliphatic heterocycles. The number of hydrogen-bond acceptors (Lipinski definition) is 3. The third-order valence-electron chi connectivity index (χ3n) is 1.84. The highest BCUT2D eigenvalue weighted by atomic mass is 32.1. The molecule has 1 amide bonds. The van der Waals surface area contributed by atoms with E-state index in [0.29, 0.717) is 0 Å². The number of aliphatic imine (C=N–C) groups is 1. The first kappa shape index (κ1) is 10.7. The van der Waals surface area contributed by atoms with Gasteiger partial charge in [-0.15, -0.1) is 0 Å². The van der Waals surface area contributed by atoms with Gasteiger partial charge in [0.2, 0.25) is 0 Å². The van der Waals surface area contributed by atoms with E-state index in [2.05, 4.69) is 17.2 Å². The highest BCUT2D eigenvalue weighted by Gasteiger charge is 2.18. The van der Waals surface area contributed by atoms with E-state index < -0.39 is 11.8 Å². The third kappa shape index (κ3) is 2.57. The quantitative estimate of drug-likeness (QED) is 0.602. The number of thiocarbonyl (C=S) groups is 1. The van der Waals surface area contributed by atoms with Gasteiger partial charge < -0.3 is 5.11 Å². The number of benzene rings is 1. The van der Waals surface area contributed by atoms with Gasteiger partial charge in [0, 0.05) is 0 Å². The summed E-state index contributed by atoms with van der Waals surface area (Å²) in [5, 5.41) is 11.0. The van der Waals surface area contributed by atoms with Crippen molar-refractivity contribution in [3.63, 3.8) is 0 Å². The molecule has 3 nitrogen and oxygen atoms in total. The normalized spacial score (nSPS) is 11.5. The fourth-order valence-corrected chi connectivity index (χ4v) is 1.22. The predicted octanol–water partition coefficient (Wildman–Crippen LogP) is 1.39. The molecule has 4 heteroatoms. The fraction of sp³-hybridized carbons (Fsp3) is 0.200. The molecule has 1 rings (SSSR count). The number of rotatable bonds is 3. The second kappa shape index (κ2) is 5.40. The third-order valence-corrected chi connectivity index (χ3v) is 1.93. The van der Waals surface area contributed by atoms with E-state index in [1.54, 1.807) is 24.3 Å². The molecular formula is C10H9NO2S. The van der Waals surface area contributed by atoms with Crippen LogP contribution in [0.2, 0.25) is 0 Å². The lowest BCUT2D eigenvalue weighted by Gasteiger charge is -2.08. The molecule has 0 aliphatic rings. The lowest BCUT2D eigenvalue weighted by atomic mass is 10.00. The average Bonchev–Trinajstić information content (AvgIpc) is 2.21. The molecule has 0 saturated carbocycles. The van der Waals surface area contributed by atoms with Crippen molar-refractivity contribution in [2.45, 2.75) is 5.92 Å². The average molecular weight is 207 g/mol. The molecule has 1 aromatic rings. The molecule has 1 aromatic carbocycles. The van der Waals surface area contributed by atoms with E-state index in [-0.39, 0.29) is 6.61 Å². The van der Waals surface area contributed by atoms with Crippen molar-refractivity contribution in [2.75, 3.05) is 6.61 Å². The Morgan fingerprint density at radius 1 is 1.50 bits per heavy atom. The van der Waals surface area contributed by atoms with E-state index in [4.69, 9.17) is 5.11 Å². The Balaban J connectivity index is 2.93. The first-order valence-electron chi connectivity index (χ1n) is 4.07. The molecule has 0 radical (unpaired) electrons. The maximum Gasteiger partial charge on any atom is 0.264 e. The number of nitrogens with zero attached hydrogens (tertiary/aromatic N) is 1. The highest BCUT2D eigenvalue weighted by Crippen LogP contribution is 2.15. The zero-order chi connectivity index (χ0) is 10.4. The van der Waals surface area contributed by atoms with Crippen LogP contribution in [0.3, 0.4) is 0 Å². The molecule has 14 heavy (non-hydrogen) atoms. The second-order valence-corrected chi connectivity index (χ2v) is 2.87. The molecule has 1 atom stereocenters. The van der Waals surface area contributed by atoms with Gasteiger partial charge in [0.25, 0.3) is 5.91 Å². The maximum atomic E-state index is 11.3. The summed E-state index contributed by atoms with van der Waals surface area (Å²) in [7, 11) is 0. The predicted molar refractivity (Wildman–Crippen MR) is 56.3 cm³/mol. The molecule has 0 heterocycles. The first-order chi connectivity index (χ1) is 6.79. The molecule has 0 saturated heterocycles. The molecule has 0 fully saturated rings. The van der Waals surface area contributed by atoms with Crippen LogP contribution in [0, 0.1) is 0 Å². The van der Waals surface area contributed by atoms with Crippen LogP contribution in [0.1, 0.15) is 11.5 Å². The molecule has 0 aromatic heterocycles. The van der Waals surface area contributed by atoms with Crippen molar-refractivity contribution in [3.05, 3.63) is 35.9 Å². The van der Waals surface area contributed by atoms with Crippen LogP contribution in [-0.4, -0.2) is 22.8 Å². The molecule has 1 N–H and O–H groups in total. The maximum absolute atomic E-state index is 11.3. The Morgan fingerprint density at radius 2 is 2.14 bits per heavy atom. The number of isothiocyanates is 1. The molecule has 72 valence electrons. The number of amides is 1. The molecule has 0 bridgehead atoms. The van der Waals surface area contributed by atoms with Crippen LogP contribution in [0.25, 0.3) is 0 Å². The molecule has 0 spiro atoms. The largest absolute Gasteiger partial charge is 0.395 e. The van der Waals surface area contributed by atoms with E-state index in [1.165, 1.54) is 0 Å². The minimum Gasteiger partial charge on any atom is -0.395 e. The fourth-order valence-electron chi connectivity index (χ4n) is 1.13. The summed E-state index contributed by atoms with van der Waals surface area (Å²) in [6.07, 6.45) is 0. The summed E-state index contributed by atoms with van der Waals surface area (Å²) in [6.45, 7) is -0.274. The Labute approximate surface area is 87.1 Å². The number of aliphatic hydroxyl groups excluding tert-OH is 1. The molecule has 1 unspecified atom stereocenters.